The molecule has 2 aromatic rings. The van der Waals surface area contributed by atoms with Crippen LogP contribution in [-0.4, -0.2) is 24.9 Å². The summed E-state index contributed by atoms with van der Waals surface area (Å²) in [4.78, 5) is 11.1. The SMILES string of the molecule is CCCS(=O)c1nc(Cl)c2cc[nH]c2n1. The molecule has 1 N–H and O–H groups in total. The van der Waals surface area contributed by atoms with E-state index in [1.54, 1.807) is 12.3 Å². The van der Waals surface area contributed by atoms with Crippen LogP contribution in [0.3, 0.4) is 0 Å². The summed E-state index contributed by atoms with van der Waals surface area (Å²) in [7, 11) is -1.16. The van der Waals surface area contributed by atoms with Crippen LogP contribution in [0.4, 0.5) is 0 Å². The fourth-order valence-corrected chi connectivity index (χ4v) is 2.49. The highest BCUT2D eigenvalue weighted by Crippen LogP contribution is 2.20. The molecular weight excluding hydrogens is 234 g/mol. The minimum absolute atomic E-state index is 0.303. The highest BCUT2D eigenvalue weighted by Gasteiger charge is 2.11. The first kappa shape index (κ1) is 10.6. The van der Waals surface area contributed by atoms with Gasteiger partial charge < -0.3 is 4.98 Å². The molecule has 0 aliphatic heterocycles. The van der Waals surface area contributed by atoms with E-state index in [0.717, 1.165) is 11.8 Å². The highest BCUT2D eigenvalue weighted by atomic mass is 35.5. The van der Waals surface area contributed by atoms with Crippen molar-refractivity contribution < 1.29 is 4.21 Å². The molecule has 0 aromatic carbocycles. The second-order valence-corrected chi connectivity index (χ2v) is 4.91. The maximum Gasteiger partial charge on any atom is 0.221 e. The summed E-state index contributed by atoms with van der Waals surface area (Å²) in [6.07, 6.45) is 2.56. The maximum absolute atomic E-state index is 11.7. The lowest BCUT2D eigenvalue weighted by Gasteiger charge is -2.00. The summed E-state index contributed by atoms with van der Waals surface area (Å²) in [6.45, 7) is 1.96. The predicted octanol–water partition coefficient (Wildman–Crippen LogP) is 2.13. The Hall–Kier alpha value is -0.940. The molecule has 0 saturated heterocycles. The Kier molecular flexibility index (Phi) is 3.02. The Bertz CT molecular complexity index is 511. The summed E-state index contributed by atoms with van der Waals surface area (Å²) in [5.41, 5.74) is 0.634. The molecule has 2 rings (SSSR count). The summed E-state index contributed by atoms with van der Waals surface area (Å²) < 4.78 is 11.7. The number of nitrogens with zero attached hydrogens (tertiary/aromatic N) is 2. The summed E-state index contributed by atoms with van der Waals surface area (Å²) in [5, 5.41) is 1.41. The van der Waals surface area contributed by atoms with Crippen LogP contribution in [0.15, 0.2) is 17.4 Å². The van der Waals surface area contributed by atoms with Crippen LogP contribution in [0.25, 0.3) is 11.0 Å². The number of aromatic amines is 1. The van der Waals surface area contributed by atoms with Gasteiger partial charge in [-0.1, -0.05) is 18.5 Å². The smallest absolute Gasteiger partial charge is 0.221 e. The number of nitrogens with one attached hydrogen (secondary N) is 1. The number of hydrogen-bond acceptors (Lipinski definition) is 3. The lowest BCUT2D eigenvalue weighted by atomic mass is 10.4. The van der Waals surface area contributed by atoms with Crippen LogP contribution in [0, 0.1) is 0 Å². The molecule has 2 heterocycles. The van der Waals surface area contributed by atoms with Crippen LogP contribution in [0.2, 0.25) is 5.15 Å². The third-order valence-electron chi connectivity index (χ3n) is 1.94. The van der Waals surface area contributed by atoms with Crippen molar-refractivity contribution >= 4 is 33.4 Å². The Morgan fingerprint density at radius 1 is 1.53 bits per heavy atom. The van der Waals surface area contributed by atoms with Crippen molar-refractivity contribution in [3.63, 3.8) is 0 Å². The first-order chi connectivity index (χ1) is 7.22. The molecule has 0 saturated carbocycles. The normalized spacial score (nSPS) is 13.2. The van der Waals surface area contributed by atoms with Gasteiger partial charge in [-0.3, -0.25) is 4.21 Å². The molecule has 0 radical (unpaired) electrons. The first-order valence-corrected chi connectivity index (χ1v) is 6.31. The molecule has 80 valence electrons. The second-order valence-electron chi connectivity index (χ2n) is 3.09. The topological polar surface area (TPSA) is 58.6 Å². The zero-order valence-corrected chi connectivity index (χ0v) is 9.73. The number of fused-ring (bicyclic) bond motifs is 1. The van der Waals surface area contributed by atoms with Gasteiger partial charge in [0.1, 0.15) is 10.8 Å². The van der Waals surface area contributed by atoms with Crippen molar-refractivity contribution in [3.05, 3.63) is 17.4 Å². The van der Waals surface area contributed by atoms with Crippen LogP contribution >= 0.6 is 11.6 Å². The largest absolute Gasteiger partial charge is 0.346 e. The summed E-state index contributed by atoms with van der Waals surface area (Å²) in [5.74, 6) is 0.558. The third-order valence-corrected chi connectivity index (χ3v) is 3.60. The zero-order chi connectivity index (χ0) is 10.8. The number of halogens is 1. The third kappa shape index (κ3) is 2.03. The van der Waals surface area contributed by atoms with E-state index in [1.165, 1.54) is 0 Å². The standard InChI is InChI=1S/C9H10ClN3OS/c1-2-5-15(14)9-12-7(10)6-3-4-11-8(6)13-9/h3-4H,2,5H2,1H3,(H,11,12,13). The Labute approximate surface area is 94.5 Å². The summed E-state index contributed by atoms with van der Waals surface area (Å²) >= 11 is 5.94. The van der Waals surface area contributed by atoms with Crippen LogP contribution in [-0.2, 0) is 10.8 Å². The molecule has 1 atom stereocenters. The molecular formula is C9H10ClN3OS. The number of aromatic nitrogens is 3. The van der Waals surface area contributed by atoms with Gasteiger partial charge in [-0.25, -0.2) is 9.97 Å². The summed E-state index contributed by atoms with van der Waals surface area (Å²) in [6, 6.07) is 1.80. The molecule has 0 fully saturated rings. The van der Waals surface area contributed by atoms with Crippen LogP contribution in [0.5, 0.6) is 0 Å². The van der Waals surface area contributed by atoms with Gasteiger partial charge in [0.05, 0.1) is 16.2 Å². The van der Waals surface area contributed by atoms with E-state index in [4.69, 9.17) is 11.6 Å². The fourth-order valence-electron chi connectivity index (χ4n) is 1.26. The van der Waals surface area contributed by atoms with Crippen LogP contribution in [0.1, 0.15) is 13.3 Å². The van der Waals surface area contributed by atoms with Crippen molar-refractivity contribution in [1.82, 2.24) is 15.0 Å². The molecule has 6 heteroatoms. The number of H-pyrrole nitrogens is 1. The minimum atomic E-state index is -1.16. The molecule has 1 unspecified atom stereocenters. The highest BCUT2D eigenvalue weighted by molar-refractivity contribution is 7.84. The van der Waals surface area contributed by atoms with E-state index in [9.17, 15) is 4.21 Å². The predicted molar refractivity (Wildman–Crippen MR) is 60.5 cm³/mol. The molecule has 15 heavy (non-hydrogen) atoms. The van der Waals surface area contributed by atoms with Crippen LogP contribution < -0.4 is 0 Å². The van der Waals surface area contributed by atoms with Crippen molar-refractivity contribution in [2.75, 3.05) is 5.75 Å². The van der Waals surface area contributed by atoms with Gasteiger partial charge in [0.25, 0.3) is 0 Å². The Balaban J connectivity index is 2.49. The Morgan fingerprint density at radius 3 is 3.07 bits per heavy atom. The van der Waals surface area contributed by atoms with E-state index < -0.39 is 10.8 Å². The fraction of sp³-hybridized carbons (Fsp3) is 0.333. The molecule has 0 spiro atoms. The van der Waals surface area contributed by atoms with E-state index in [1.807, 2.05) is 6.92 Å². The van der Waals surface area contributed by atoms with E-state index in [-0.39, 0.29) is 0 Å². The number of hydrogen-bond donors (Lipinski definition) is 1. The lowest BCUT2D eigenvalue weighted by molar-refractivity contribution is 0.675. The van der Waals surface area contributed by atoms with Crippen molar-refractivity contribution in [3.8, 4) is 0 Å². The van der Waals surface area contributed by atoms with Gasteiger partial charge >= 0.3 is 0 Å². The zero-order valence-electron chi connectivity index (χ0n) is 8.16. The van der Waals surface area contributed by atoms with Gasteiger partial charge in [0.2, 0.25) is 5.16 Å². The van der Waals surface area contributed by atoms with Gasteiger partial charge in [0, 0.05) is 11.9 Å². The molecule has 2 aromatic heterocycles. The van der Waals surface area contributed by atoms with E-state index in [2.05, 4.69) is 15.0 Å². The Morgan fingerprint density at radius 2 is 2.33 bits per heavy atom. The van der Waals surface area contributed by atoms with Gasteiger partial charge in [-0.15, -0.1) is 0 Å². The second kappa shape index (κ2) is 4.28. The monoisotopic (exact) mass is 243 g/mol. The number of rotatable bonds is 3. The van der Waals surface area contributed by atoms with Crippen molar-refractivity contribution in [1.29, 1.82) is 0 Å². The average molecular weight is 244 g/mol. The first-order valence-electron chi connectivity index (χ1n) is 4.61. The maximum atomic E-state index is 11.7. The molecule has 0 aliphatic carbocycles. The van der Waals surface area contributed by atoms with E-state index in [0.29, 0.717) is 21.7 Å². The lowest BCUT2D eigenvalue weighted by Crippen LogP contribution is -2.03. The average Bonchev–Trinajstić information content (AvgIpc) is 2.66. The molecule has 4 nitrogen and oxygen atoms in total. The van der Waals surface area contributed by atoms with Gasteiger partial charge in [-0.05, 0) is 12.5 Å². The molecule has 0 bridgehead atoms. The quantitative estimate of drug-likeness (QED) is 0.664. The van der Waals surface area contributed by atoms with E-state index >= 15 is 0 Å². The molecule has 0 amide bonds. The minimum Gasteiger partial charge on any atom is -0.346 e. The van der Waals surface area contributed by atoms with Crippen molar-refractivity contribution in [2.24, 2.45) is 0 Å². The van der Waals surface area contributed by atoms with Gasteiger partial charge in [0.15, 0.2) is 0 Å². The molecule has 0 aliphatic rings. The van der Waals surface area contributed by atoms with Crippen molar-refractivity contribution in [2.45, 2.75) is 18.5 Å². The van der Waals surface area contributed by atoms with Gasteiger partial charge in [-0.2, -0.15) is 0 Å².